The standard InChI is InChI=1S/C13H15F3O3/c1-2-19-11(17)12(18,13(14,15)16)9-8-10-6-4-3-5-7-10/h3-7,18H,2,8-9H2,1H3. The van der Waals surface area contributed by atoms with Crippen LogP contribution in [0.4, 0.5) is 13.2 Å². The van der Waals surface area contributed by atoms with Crippen LogP contribution in [0.25, 0.3) is 0 Å². The van der Waals surface area contributed by atoms with Gasteiger partial charge in [0.15, 0.2) is 0 Å². The second-order valence-electron chi connectivity index (χ2n) is 4.06. The van der Waals surface area contributed by atoms with E-state index >= 15 is 0 Å². The maximum Gasteiger partial charge on any atom is 0.428 e. The summed E-state index contributed by atoms with van der Waals surface area (Å²) in [6.45, 7) is 1.16. The molecule has 1 aromatic carbocycles. The molecule has 0 spiro atoms. The van der Waals surface area contributed by atoms with E-state index in [1.54, 1.807) is 30.3 Å². The molecule has 0 fully saturated rings. The van der Waals surface area contributed by atoms with E-state index in [2.05, 4.69) is 4.74 Å². The van der Waals surface area contributed by atoms with E-state index in [0.717, 1.165) is 0 Å². The molecule has 0 bridgehead atoms. The Balaban J connectivity index is 2.84. The molecule has 1 N–H and O–H groups in total. The summed E-state index contributed by atoms with van der Waals surface area (Å²) in [6, 6.07) is 8.33. The number of rotatable bonds is 5. The SMILES string of the molecule is CCOC(=O)C(O)(CCc1ccccc1)C(F)(F)F. The number of aliphatic hydroxyl groups is 1. The average molecular weight is 276 g/mol. The summed E-state index contributed by atoms with van der Waals surface area (Å²) in [5.74, 6) is -1.65. The second-order valence-corrected chi connectivity index (χ2v) is 4.06. The third-order valence-electron chi connectivity index (χ3n) is 2.70. The van der Waals surface area contributed by atoms with Gasteiger partial charge in [0.2, 0.25) is 0 Å². The van der Waals surface area contributed by atoms with Crippen molar-refractivity contribution in [3.63, 3.8) is 0 Å². The normalized spacial score (nSPS) is 14.8. The Kier molecular flexibility index (Phi) is 4.94. The quantitative estimate of drug-likeness (QED) is 0.840. The summed E-state index contributed by atoms with van der Waals surface area (Å²) in [7, 11) is 0. The average Bonchev–Trinajstić information content (AvgIpc) is 2.36. The van der Waals surface area contributed by atoms with Crippen molar-refractivity contribution >= 4 is 5.97 Å². The number of hydrogen-bond acceptors (Lipinski definition) is 3. The number of hydrogen-bond donors (Lipinski definition) is 1. The van der Waals surface area contributed by atoms with Crippen molar-refractivity contribution in [3.05, 3.63) is 35.9 Å². The van der Waals surface area contributed by atoms with Crippen molar-refractivity contribution in [1.82, 2.24) is 0 Å². The zero-order valence-corrected chi connectivity index (χ0v) is 10.4. The van der Waals surface area contributed by atoms with E-state index in [0.29, 0.717) is 5.56 Å². The summed E-state index contributed by atoms with van der Waals surface area (Å²) in [5.41, 5.74) is -2.85. The minimum atomic E-state index is -5.06. The molecular formula is C13H15F3O3. The molecule has 0 saturated carbocycles. The van der Waals surface area contributed by atoms with Crippen LogP contribution in [0.2, 0.25) is 0 Å². The van der Waals surface area contributed by atoms with Crippen LogP contribution in [-0.4, -0.2) is 29.5 Å². The Hall–Kier alpha value is -1.56. The van der Waals surface area contributed by atoms with Crippen LogP contribution in [-0.2, 0) is 16.0 Å². The van der Waals surface area contributed by atoms with Gasteiger partial charge in [-0.1, -0.05) is 30.3 Å². The van der Waals surface area contributed by atoms with Gasteiger partial charge in [0.1, 0.15) is 0 Å². The maximum atomic E-state index is 12.8. The lowest BCUT2D eigenvalue weighted by atomic mass is 9.94. The summed E-state index contributed by atoms with van der Waals surface area (Å²) in [4.78, 5) is 11.3. The van der Waals surface area contributed by atoms with Crippen LogP contribution in [0.15, 0.2) is 30.3 Å². The lowest BCUT2D eigenvalue weighted by Gasteiger charge is -2.28. The predicted octanol–water partition coefficient (Wildman–Crippen LogP) is 2.48. The summed E-state index contributed by atoms with van der Waals surface area (Å²) >= 11 is 0. The van der Waals surface area contributed by atoms with Gasteiger partial charge in [-0.2, -0.15) is 13.2 Å². The van der Waals surface area contributed by atoms with Crippen LogP contribution in [0.5, 0.6) is 0 Å². The molecule has 3 nitrogen and oxygen atoms in total. The van der Waals surface area contributed by atoms with Gasteiger partial charge in [-0.3, -0.25) is 0 Å². The van der Waals surface area contributed by atoms with Gasteiger partial charge in [0, 0.05) is 6.42 Å². The van der Waals surface area contributed by atoms with Gasteiger partial charge < -0.3 is 9.84 Å². The van der Waals surface area contributed by atoms with Gasteiger partial charge in [0.05, 0.1) is 6.61 Å². The van der Waals surface area contributed by atoms with E-state index in [1.165, 1.54) is 6.92 Å². The smallest absolute Gasteiger partial charge is 0.428 e. The van der Waals surface area contributed by atoms with Crippen LogP contribution in [0.1, 0.15) is 18.9 Å². The first kappa shape index (κ1) is 15.5. The molecule has 1 aromatic rings. The Labute approximate surface area is 109 Å². The molecule has 6 heteroatoms. The molecule has 1 atom stereocenters. The summed E-state index contributed by atoms with van der Waals surface area (Å²) < 4.78 is 42.8. The number of aryl methyl sites for hydroxylation is 1. The van der Waals surface area contributed by atoms with E-state index in [4.69, 9.17) is 0 Å². The highest BCUT2D eigenvalue weighted by Gasteiger charge is 2.60. The highest BCUT2D eigenvalue weighted by molar-refractivity contribution is 5.80. The van der Waals surface area contributed by atoms with E-state index in [9.17, 15) is 23.1 Å². The van der Waals surface area contributed by atoms with Crippen molar-refractivity contribution in [2.75, 3.05) is 6.61 Å². The fraction of sp³-hybridized carbons (Fsp3) is 0.462. The fourth-order valence-corrected chi connectivity index (χ4v) is 1.58. The second kappa shape index (κ2) is 6.06. The summed E-state index contributed by atoms with van der Waals surface area (Å²) in [5, 5.41) is 9.61. The third kappa shape index (κ3) is 3.70. The zero-order valence-electron chi connectivity index (χ0n) is 10.4. The van der Waals surface area contributed by atoms with Crippen LogP contribution in [0.3, 0.4) is 0 Å². The Morgan fingerprint density at radius 3 is 2.32 bits per heavy atom. The van der Waals surface area contributed by atoms with Crippen molar-refractivity contribution in [2.45, 2.75) is 31.5 Å². The fourth-order valence-electron chi connectivity index (χ4n) is 1.58. The number of carbonyl (C=O) groups is 1. The number of halogens is 3. The van der Waals surface area contributed by atoms with Crippen LogP contribution in [0, 0.1) is 0 Å². The Morgan fingerprint density at radius 2 is 1.84 bits per heavy atom. The molecule has 0 saturated heterocycles. The van der Waals surface area contributed by atoms with Crippen molar-refractivity contribution < 1.29 is 27.8 Å². The highest BCUT2D eigenvalue weighted by atomic mass is 19.4. The molecule has 106 valence electrons. The van der Waals surface area contributed by atoms with Crippen LogP contribution >= 0.6 is 0 Å². The molecule has 0 aromatic heterocycles. The maximum absolute atomic E-state index is 12.8. The number of alkyl halides is 3. The van der Waals surface area contributed by atoms with Crippen molar-refractivity contribution in [3.8, 4) is 0 Å². The van der Waals surface area contributed by atoms with Crippen molar-refractivity contribution in [1.29, 1.82) is 0 Å². The first-order valence-corrected chi connectivity index (χ1v) is 5.81. The third-order valence-corrected chi connectivity index (χ3v) is 2.70. The number of carbonyl (C=O) groups excluding carboxylic acids is 1. The predicted molar refractivity (Wildman–Crippen MR) is 62.4 cm³/mol. The van der Waals surface area contributed by atoms with Crippen molar-refractivity contribution in [2.24, 2.45) is 0 Å². The van der Waals surface area contributed by atoms with E-state index < -0.39 is 24.2 Å². The molecule has 0 aliphatic heterocycles. The largest absolute Gasteiger partial charge is 0.464 e. The number of esters is 1. The molecule has 1 rings (SSSR count). The van der Waals surface area contributed by atoms with Crippen LogP contribution < -0.4 is 0 Å². The van der Waals surface area contributed by atoms with Gasteiger partial charge in [-0.15, -0.1) is 0 Å². The molecule has 0 amide bonds. The lowest BCUT2D eigenvalue weighted by molar-refractivity contribution is -0.264. The molecule has 0 heterocycles. The van der Waals surface area contributed by atoms with Gasteiger partial charge in [0.25, 0.3) is 5.60 Å². The summed E-state index contributed by atoms with van der Waals surface area (Å²) in [6.07, 6.45) is -5.90. The lowest BCUT2D eigenvalue weighted by Crippen LogP contribution is -2.53. The minimum absolute atomic E-state index is 0.0737. The highest BCUT2D eigenvalue weighted by Crippen LogP contribution is 2.35. The Bertz CT molecular complexity index is 417. The monoisotopic (exact) mass is 276 g/mol. The molecule has 0 radical (unpaired) electrons. The van der Waals surface area contributed by atoms with Gasteiger partial charge >= 0.3 is 12.1 Å². The number of ether oxygens (including phenoxy) is 1. The van der Waals surface area contributed by atoms with Gasteiger partial charge in [-0.25, -0.2) is 4.79 Å². The van der Waals surface area contributed by atoms with E-state index in [1.807, 2.05) is 0 Å². The Morgan fingerprint density at radius 1 is 1.26 bits per heavy atom. The van der Waals surface area contributed by atoms with Gasteiger partial charge in [-0.05, 0) is 18.9 Å². The first-order valence-electron chi connectivity index (χ1n) is 5.81. The topological polar surface area (TPSA) is 46.5 Å². The first-order chi connectivity index (χ1) is 8.81. The zero-order chi connectivity index (χ0) is 14.5. The molecular weight excluding hydrogens is 261 g/mol. The van der Waals surface area contributed by atoms with E-state index in [-0.39, 0.29) is 13.0 Å². The number of benzene rings is 1. The minimum Gasteiger partial charge on any atom is -0.464 e. The molecule has 0 aliphatic rings. The molecule has 1 unspecified atom stereocenters. The molecule has 0 aliphatic carbocycles. The molecule has 19 heavy (non-hydrogen) atoms.